The van der Waals surface area contributed by atoms with E-state index >= 15 is 0 Å². The van der Waals surface area contributed by atoms with Gasteiger partial charge in [-0.2, -0.15) is 0 Å². The quantitative estimate of drug-likeness (QED) is 0.170. The molecular weight excluding hydrogens is 599 g/mol. The highest BCUT2D eigenvalue weighted by Gasteiger charge is 2.52. The van der Waals surface area contributed by atoms with Gasteiger partial charge < -0.3 is 4.57 Å². The Morgan fingerprint density at radius 1 is 0.479 bits per heavy atom. The number of hydrogen-bond acceptors (Lipinski definition) is 1. The molecule has 11 rings (SSSR count). The fraction of sp³-hybridized carbons (Fsp3) is 0.0870. The van der Waals surface area contributed by atoms with Gasteiger partial charge in [-0.15, -0.1) is 11.3 Å². The van der Waals surface area contributed by atoms with Crippen molar-refractivity contribution in [1.82, 2.24) is 4.57 Å². The average Bonchev–Trinajstić information content (AvgIpc) is 3.69. The first-order valence-electron chi connectivity index (χ1n) is 16.9. The molecule has 1 aliphatic heterocycles. The van der Waals surface area contributed by atoms with Crippen molar-refractivity contribution in [2.75, 3.05) is 0 Å². The van der Waals surface area contributed by atoms with Crippen LogP contribution in [-0.4, -0.2) is 4.57 Å². The maximum absolute atomic E-state index is 2.53. The van der Waals surface area contributed by atoms with Crippen LogP contribution in [0.1, 0.15) is 47.2 Å². The summed E-state index contributed by atoms with van der Waals surface area (Å²) < 4.78 is 5.23. The first kappa shape index (κ1) is 26.6. The summed E-state index contributed by atoms with van der Waals surface area (Å²) >= 11 is 1.91. The van der Waals surface area contributed by atoms with Gasteiger partial charge >= 0.3 is 0 Å². The summed E-state index contributed by atoms with van der Waals surface area (Å²) in [6.07, 6.45) is 0. The predicted octanol–water partition coefficient (Wildman–Crippen LogP) is 12.2. The largest absolute Gasteiger partial charge is 0.309 e. The number of para-hydroxylation sites is 3. The Bertz CT molecular complexity index is 2830. The molecule has 2 aromatic heterocycles. The molecule has 1 unspecified atom stereocenters. The highest BCUT2D eigenvalue weighted by molar-refractivity contribution is 7.26. The molecule has 2 aliphatic rings. The van der Waals surface area contributed by atoms with E-state index in [1.165, 1.54) is 92.2 Å². The molecule has 226 valence electrons. The maximum Gasteiger partial charge on any atom is 0.0748 e. The van der Waals surface area contributed by atoms with Crippen molar-refractivity contribution in [3.63, 3.8) is 0 Å². The Morgan fingerprint density at radius 3 is 2.02 bits per heavy atom. The van der Waals surface area contributed by atoms with Crippen LogP contribution in [0.3, 0.4) is 0 Å². The fourth-order valence-corrected chi connectivity index (χ4v) is 10.7. The second-order valence-electron chi connectivity index (χ2n) is 14.0. The molecule has 1 aliphatic carbocycles. The van der Waals surface area contributed by atoms with Crippen LogP contribution >= 0.6 is 11.3 Å². The third-order valence-corrected chi connectivity index (χ3v) is 12.7. The molecule has 0 fully saturated rings. The minimum absolute atomic E-state index is 0.200. The van der Waals surface area contributed by atoms with E-state index in [1.54, 1.807) is 0 Å². The first-order valence-corrected chi connectivity index (χ1v) is 17.7. The molecule has 3 heterocycles. The third kappa shape index (κ3) is 3.08. The number of fused-ring (bicyclic) bond motifs is 14. The lowest BCUT2D eigenvalue weighted by atomic mass is 9.53. The Hall–Kier alpha value is -5.44. The lowest BCUT2D eigenvalue weighted by molar-refractivity contribution is 0.556. The second-order valence-corrected chi connectivity index (χ2v) is 15.1. The molecule has 0 radical (unpaired) electrons. The zero-order chi connectivity index (χ0) is 31.8. The molecule has 9 aromatic rings. The Morgan fingerprint density at radius 2 is 1.12 bits per heavy atom. The Kier molecular flexibility index (Phi) is 5.06. The summed E-state index contributed by atoms with van der Waals surface area (Å²) in [6, 6.07) is 57.3. The fourth-order valence-electron chi connectivity index (χ4n) is 9.46. The van der Waals surface area contributed by atoms with Gasteiger partial charge in [-0.1, -0.05) is 141 Å². The van der Waals surface area contributed by atoms with Gasteiger partial charge in [0.2, 0.25) is 0 Å². The van der Waals surface area contributed by atoms with Crippen molar-refractivity contribution in [2.45, 2.75) is 24.7 Å². The van der Waals surface area contributed by atoms with Gasteiger partial charge in [-0.25, -0.2) is 0 Å². The molecule has 0 bridgehead atoms. The normalized spacial score (nSPS) is 17.2. The van der Waals surface area contributed by atoms with E-state index in [1.807, 2.05) is 11.3 Å². The van der Waals surface area contributed by atoms with Crippen molar-refractivity contribution in [2.24, 2.45) is 0 Å². The number of thiophene rings is 1. The van der Waals surface area contributed by atoms with E-state index < -0.39 is 5.41 Å². The van der Waals surface area contributed by atoms with Crippen molar-refractivity contribution in [3.05, 3.63) is 185 Å². The summed E-state index contributed by atoms with van der Waals surface area (Å²) in [5.41, 5.74) is 14.0. The Labute approximate surface area is 283 Å². The summed E-state index contributed by atoms with van der Waals surface area (Å²) in [7, 11) is 0. The molecule has 2 heteroatoms. The highest BCUT2D eigenvalue weighted by Crippen LogP contribution is 2.61. The van der Waals surface area contributed by atoms with Crippen LogP contribution in [0.15, 0.2) is 152 Å². The number of hydrogen-bond donors (Lipinski definition) is 0. The number of rotatable bonds is 1. The van der Waals surface area contributed by atoms with Crippen LogP contribution in [0.25, 0.3) is 58.8 Å². The van der Waals surface area contributed by atoms with Gasteiger partial charge in [0.15, 0.2) is 0 Å². The van der Waals surface area contributed by atoms with E-state index in [-0.39, 0.29) is 5.41 Å². The van der Waals surface area contributed by atoms with Gasteiger partial charge in [0.25, 0.3) is 0 Å². The lowest BCUT2D eigenvalue weighted by Gasteiger charge is -2.50. The molecular formula is C46H31NS. The molecule has 1 spiro atoms. The topological polar surface area (TPSA) is 4.93 Å². The summed E-state index contributed by atoms with van der Waals surface area (Å²) in [6.45, 7) is 4.85. The monoisotopic (exact) mass is 629 g/mol. The minimum atomic E-state index is -0.468. The van der Waals surface area contributed by atoms with Crippen LogP contribution in [-0.2, 0) is 10.8 Å². The van der Waals surface area contributed by atoms with Crippen molar-refractivity contribution < 1.29 is 0 Å². The van der Waals surface area contributed by atoms with Gasteiger partial charge in [-0.3, -0.25) is 0 Å². The lowest BCUT2D eigenvalue weighted by Crippen LogP contribution is -2.44. The predicted molar refractivity (Wildman–Crippen MR) is 203 cm³/mol. The first-order chi connectivity index (χ1) is 23.6. The van der Waals surface area contributed by atoms with Crippen molar-refractivity contribution >= 4 is 53.3 Å². The minimum Gasteiger partial charge on any atom is -0.309 e. The molecule has 1 nitrogen and oxygen atoms in total. The van der Waals surface area contributed by atoms with Crippen LogP contribution in [0.2, 0.25) is 0 Å². The van der Waals surface area contributed by atoms with Crippen molar-refractivity contribution in [1.29, 1.82) is 0 Å². The number of nitrogens with zero attached hydrogens (tertiary/aromatic N) is 1. The molecule has 7 aromatic carbocycles. The van der Waals surface area contributed by atoms with E-state index in [2.05, 4.69) is 170 Å². The molecule has 0 amide bonds. The molecule has 0 saturated heterocycles. The van der Waals surface area contributed by atoms with Gasteiger partial charge in [0.1, 0.15) is 0 Å². The molecule has 1 atom stereocenters. The van der Waals surface area contributed by atoms with Crippen LogP contribution < -0.4 is 0 Å². The summed E-state index contributed by atoms with van der Waals surface area (Å²) in [4.78, 5) is 0. The zero-order valence-corrected chi connectivity index (χ0v) is 27.6. The third-order valence-electron chi connectivity index (χ3n) is 11.5. The van der Waals surface area contributed by atoms with Crippen molar-refractivity contribution in [3.8, 4) is 16.8 Å². The van der Waals surface area contributed by atoms with Gasteiger partial charge in [0, 0.05) is 36.4 Å². The standard InChI is InChI=1S/C46H31NS/c1-45(2)34-18-5-6-19-35(34)46(36-26-25-28(27-39(36)45)29-15-11-17-33-31-14-4-10-24-42(31)48-44(29)33)37-20-7-9-23-41(37)47-40-22-8-3-13-30(40)32-16-12-21-38(46)43(32)47/h3-27H,1-2H3. The van der Waals surface area contributed by atoms with Crippen LogP contribution in [0.5, 0.6) is 0 Å². The number of benzene rings is 7. The summed E-state index contributed by atoms with van der Waals surface area (Å²) in [5, 5.41) is 5.30. The maximum atomic E-state index is 2.53. The van der Waals surface area contributed by atoms with E-state index in [4.69, 9.17) is 0 Å². The van der Waals surface area contributed by atoms with E-state index in [9.17, 15) is 0 Å². The summed E-state index contributed by atoms with van der Waals surface area (Å²) in [5.74, 6) is 0. The Balaban J connectivity index is 1.29. The van der Waals surface area contributed by atoms with E-state index in [0.717, 1.165) is 0 Å². The molecule has 0 N–H and O–H groups in total. The SMILES string of the molecule is CC1(C)c2ccccc2C2(c3ccccc3-n3c4ccccc4c4cccc2c43)c2ccc(-c3cccc4c3sc3ccccc34)cc21. The molecule has 0 saturated carbocycles. The van der Waals surface area contributed by atoms with Gasteiger partial charge in [0.05, 0.1) is 22.1 Å². The second kappa shape index (κ2) is 9.13. The van der Waals surface area contributed by atoms with Crippen LogP contribution in [0, 0.1) is 0 Å². The van der Waals surface area contributed by atoms with Gasteiger partial charge in [-0.05, 0) is 68.8 Å². The van der Waals surface area contributed by atoms with E-state index in [0.29, 0.717) is 0 Å². The highest BCUT2D eigenvalue weighted by atomic mass is 32.1. The van der Waals surface area contributed by atoms with Crippen LogP contribution in [0.4, 0.5) is 0 Å². The molecule has 48 heavy (non-hydrogen) atoms. The number of aromatic nitrogens is 1. The smallest absolute Gasteiger partial charge is 0.0748 e. The average molecular weight is 630 g/mol. The zero-order valence-electron chi connectivity index (χ0n) is 26.8.